The maximum atomic E-state index is 12.1. The van der Waals surface area contributed by atoms with Gasteiger partial charge in [-0.1, -0.05) is 18.2 Å². The van der Waals surface area contributed by atoms with Crippen molar-refractivity contribution in [1.29, 1.82) is 0 Å². The van der Waals surface area contributed by atoms with E-state index >= 15 is 0 Å². The number of nitrogens with one attached hydrogen (secondary N) is 2. The molecule has 104 valence electrons. The first-order valence-corrected chi connectivity index (χ1v) is 6.52. The molecule has 0 radical (unpaired) electrons. The lowest BCUT2D eigenvalue weighted by atomic mass is 10.1. The predicted molar refractivity (Wildman–Crippen MR) is 68.9 cm³/mol. The van der Waals surface area contributed by atoms with Crippen LogP contribution in [0.25, 0.3) is 0 Å². The zero-order valence-electron chi connectivity index (χ0n) is 10.7. The molecule has 1 aromatic rings. The Morgan fingerprint density at radius 3 is 2.85 bits per heavy atom. The van der Waals surface area contributed by atoms with Crippen molar-refractivity contribution >= 4 is 17.7 Å². The van der Waals surface area contributed by atoms with Gasteiger partial charge in [0.2, 0.25) is 11.8 Å². The fourth-order valence-corrected chi connectivity index (χ4v) is 2.42. The number of ether oxygens (including phenoxy) is 1. The zero-order valence-corrected chi connectivity index (χ0v) is 10.7. The van der Waals surface area contributed by atoms with Gasteiger partial charge in [-0.15, -0.1) is 0 Å². The molecule has 2 N–H and O–H groups in total. The number of fused-ring (bicyclic) bond motifs is 1. The summed E-state index contributed by atoms with van der Waals surface area (Å²) in [5, 5.41) is 4.85. The topological polar surface area (TPSA) is 84.5 Å². The number of carbonyl (C=O) groups excluding carboxylic acids is 3. The van der Waals surface area contributed by atoms with Crippen LogP contribution >= 0.6 is 0 Å². The van der Waals surface area contributed by atoms with Crippen LogP contribution in [0.3, 0.4) is 0 Å². The first-order valence-electron chi connectivity index (χ1n) is 6.52. The summed E-state index contributed by atoms with van der Waals surface area (Å²) in [7, 11) is 0. The molecule has 3 rings (SSSR count). The van der Waals surface area contributed by atoms with Gasteiger partial charge in [-0.2, -0.15) is 0 Å². The summed E-state index contributed by atoms with van der Waals surface area (Å²) in [6.45, 7) is 0. The van der Waals surface area contributed by atoms with Crippen LogP contribution in [0, 0.1) is 0 Å². The van der Waals surface area contributed by atoms with Crippen LogP contribution < -0.4 is 15.4 Å². The van der Waals surface area contributed by atoms with Gasteiger partial charge in [0.25, 0.3) is 5.91 Å². The molecule has 1 fully saturated rings. The van der Waals surface area contributed by atoms with Crippen molar-refractivity contribution in [2.75, 3.05) is 0 Å². The number of benzene rings is 1. The smallest absolute Gasteiger partial charge is 0.262 e. The molecule has 2 atom stereocenters. The molecule has 2 aliphatic heterocycles. The normalized spacial score (nSPS) is 24.6. The Labute approximate surface area is 115 Å². The van der Waals surface area contributed by atoms with Crippen LogP contribution in [0.15, 0.2) is 24.3 Å². The molecule has 2 aliphatic rings. The van der Waals surface area contributed by atoms with Gasteiger partial charge in [0, 0.05) is 12.8 Å². The van der Waals surface area contributed by atoms with Gasteiger partial charge in [-0.25, -0.2) is 0 Å². The first kappa shape index (κ1) is 12.7. The van der Waals surface area contributed by atoms with E-state index in [1.807, 2.05) is 24.3 Å². The Bertz CT molecular complexity index is 559. The largest absolute Gasteiger partial charge is 0.480 e. The summed E-state index contributed by atoms with van der Waals surface area (Å²) in [6, 6.07) is 6.80. The second-order valence-corrected chi connectivity index (χ2v) is 4.93. The number of amides is 3. The molecule has 0 bridgehead atoms. The SMILES string of the molecule is O=C1CCC(NC(=O)C2Cc3ccccc3O2)C(=O)N1. The molecule has 2 unspecified atom stereocenters. The van der Waals surface area contributed by atoms with Crippen molar-refractivity contribution in [3.8, 4) is 5.75 Å². The monoisotopic (exact) mass is 274 g/mol. The van der Waals surface area contributed by atoms with Gasteiger partial charge in [-0.05, 0) is 18.1 Å². The lowest BCUT2D eigenvalue weighted by molar-refractivity contribution is -0.138. The Hall–Kier alpha value is -2.37. The first-order chi connectivity index (χ1) is 9.63. The van der Waals surface area contributed by atoms with Gasteiger partial charge in [0.15, 0.2) is 6.10 Å². The van der Waals surface area contributed by atoms with Crippen LogP contribution in [0.1, 0.15) is 18.4 Å². The third-order valence-corrected chi connectivity index (χ3v) is 3.50. The minimum absolute atomic E-state index is 0.239. The van der Waals surface area contributed by atoms with E-state index in [4.69, 9.17) is 4.74 Å². The van der Waals surface area contributed by atoms with Crippen LogP contribution in [0.2, 0.25) is 0 Å². The van der Waals surface area contributed by atoms with E-state index in [9.17, 15) is 14.4 Å². The van der Waals surface area contributed by atoms with Gasteiger partial charge in [-0.3, -0.25) is 19.7 Å². The molecule has 6 heteroatoms. The number of carbonyl (C=O) groups is 3. The number of rotatable bonds is 2. The molecule has 1 saturated heterocycles. The van der Waals surface area contributed by atoms with E-state index in [0.717, 1.165) is 5.56 Å². The minimum atomic E-state index is -0.660. The van der Waals surface area contributed by atoms with Crippen molar-refractivity contribution in [2.45, 2.75) is 31.4 Å². The molecule has 20 heavy (non-hydrogen) atoms. The second-order valence-electron chi connectivity index (χ2n) is 4.93. The molecule has 1 aromatic carbocycles. The summed E-state index contributed by atoms with van der Waals surface area (Å²) >= 11 is 0. The summed E-state index contributed by atoms with van der Waals surface area (Å²) in [5.41, 5.74) is 0.982. The highest BCUT2D eigenvalue weighted by molar-refractivity contribution is 6.02. The lowest BCUT2D eigenvalue weighted by Crippen LogP contribution is -2.54. The Balaban J connectivity index is 1.61. The van der Waals surface area contributed by atoms with E-state index in [1.165, 1.54) is 0 Å². The zero-order chi connectivity index (χ0) is 14.1. The Kier molecular flexibility index (Phi) is 3.14. The molecule has 0 aliphatic carbocycles. The molecular weight excluding hydrogens is 260 g/mol. The van der Waals surface area contributed by atoms with Crippen LogP contribution in [-0.2, 0) is 20.8 Å². The van der Waals surface area contributed by atoms with E-state index in [0.29, 0.717) is 18.6 Å². The summed E-state index contributed by atoms with van der Waals surface area (Å²) in [6.07, 6.45) is 0.450. The molecule has 0 aromatic heterocycles. The second kappa shape index (κ2) is 4.96. The van der Waals surface area contributed by atoms with Crippen molar-refractivity contribution in [2.24, 2.45) is 0 Å². The van der Waals surface area contributed by atoms with Gasteiger partial charge >= 0.3 is 0 Å². The lowest BCUT2D eigenvalue weighted by Gasteiger charge is -2.23. The van der Waals surface area contributed by atoms with Crippen molar-refractivity contribution in [1.82, 2.24) is 10.6 Å². The molecule has 3 amide bonds. The number of piperidine rings is 1. The molecule has 2 heterocycles. The Morgan fingerprint density at radius 1 is 1.30 bits per heavy atom. The van der Waals surface area contributed by atoms with Crippen LogP contribution in [-0.4, -0.2) is 29.9 Å². The van der Waals surface area contributed by atoms with Crippen molar-refractivity contribution < 1.29 is 19.1 Å². The standard InChI is InChI=1S/C14H14N2O4/c17-12-6-5-9(13(18)16-12)15-14(19)11-7-8-3-1-2-4-10(8)20-11/h1-4,9,11H,5-7H2,(H,15,19)(H,16,17,18). The minimum Gasteiger partial charge on any atom is -0.480 e. The van der Waals surface area contributed by atoms with Gasteiger partial charge in [0.1, 0.15) is 11.8 Å². The number of para-hydroxylation sites is 1. The van der Waals surface area contributed by atoms with Crippen LogP contribution in [0.5, 0.6) is 5.75 Å². The predicted octanol–water partition coefficient (Wildman–Crippen LogP) is -0.0885. The fourth-order valence-electron chi connectivity index (χ4n) is 2.42. The average molecular weight is 274 g/mol. The highest BCUT2D eigenvalue weighted by Gasteiger charge is 2.33. The van der Waals surface area contributed by atoms with E-state index < -0.39 is 18.1 Å². The maximum Gasteiger partial charge on any atom is 0.262 e. The molecular formula is C14H14N2O4. The van der Waals surface area contributed by atoms with E-state index in [1.54, 1.807) is 0 Å². The molecule has 0 saturated carbocycles. The summed E-state index contributed by atoms with van der Waals surface area (Å²) in [4.78, 5) is 34.7. The molecule has 6 nitrogen and oxygen atoms in total. The highest BCUT2D eigenvalue weighted by atomic mass is 16.5. The average Bonchev–Trinajstić information content (AvgIpc) is 2.86. The number of imide groups is 1. The van der Waals surface area contributed by atoms with Crippen molar-refractivity contribution in [3.63, 3.8) is 0 Å². The summed E-state index contributed by atoms with van der Waals surface area (Å²) < 4.78 is 5.56. The Morgan fingerprint density at radius 2 is 2.10 bits per heavy atom. The van der Waals surface area contributed by atoms with E-state index in [-0.39, 0.29) is 18.2 Å². The summed E-state index contributed by atoms with van der Waals surface area (Å²) in [5.74, 6) is -0.373. The number of hydrogen-bond acceptors (Lipinski definition) is 4. The molecule has 0 spiro atoms. The van der Waals surface area contributed by atoms with Crippen LogP contribution in [0.4, 0.5) is 0 Å². The van der Waals surface area contributed by atoms with Crippen molar-refractivity contribution in [3.05, 3.63) is 29.8 Å². The fraction of sp³-hybridized carbons (Fsp3) is 0.357. The third-order valence-electron chi connectivity index (χ3n) is 3.50. The van der Waals surface area contributed by atoms with Gasteiger partial charge in [0.05, 0.1) is 0 Å². The van der Waals surface area contributed by atoms with E-state index in [2.05, 4.69) is 10.6 Å². The quantitative estimate of drug-likeness (QED) is 0.738. The number of hydrogen-bond donors (Lipinski definition) is 2. The van der Waals surface area contributed by atoms with Gasteiger partial charge < -0.3 is 10.1 Å². The highest BCUT2D eigenvalue weighted by Crippen LogP contribution is 2.28. The third kappa shape index (κ3) is 2.36. The maximum absolute atomic E-state index is 12.1.